The fraction of sp³-hybridized carbons (Fsp3) is 0.373. The van der Waals surface area contributed by atoms with Crippen LogP contribution in [0.3, 0.4) is 0 Å². The van der Waals surface area contributed by atoms with Crippen molar-refractivity contribution in [3.8, 4) is 33.8 Å². The SMILES string of the molecule is Cc1nn(C)c(C)c1CCOc1cc(F)ccc1-c1ccc2c(c1)c(C1CCC1)nn2C.Cc1nn(C)c(C)c1CCOc1cc(F)ccc1-c1ccc2n[nH]c(C3CCC3)c2c1. The molecule has 326 valence electrons. The predicted molar refractivity (Wildman–Crippen MR) is 245 cm³/mol. The molecule has 0 spiro atoms. The molecule has 2 fully saturated rings. The second-order valence-electron chi connectivity index (χ2n) is 17.4. The zero-order valence-corrected chi connectivity index (χ0v) is 37.4. The van der Waals surface area contributed by atoms with E-state index in [1.165, 1.54) is 90.7 Å². The number of aromatic amines is 1. The molecule has 4 aromatic carbocycles. The van der Waals surface area contributed by atoms with Gasteiger partial charge in [-0.2, -0.15) is 20.4 Å². The molecule has 8 aromatic rings. The Morgan fingerprint density at radius 2 is 1.13 bits per heavy atom. The summed E-state index contributed by atoms with van der Waals surface area (Å²) in [7, 11) is 5.89. The molecule has 0 amide bonds. The molecule has 2 aliphatic carbocycles. The van der Waals surface area contributed by atoms with Crippen LogP contribution < -0.4 is 9.47 Å². The van der Waals surface area contributed by atoms with Gasteiger partial charge in [0.2, 0.25) is 0 Å². The molecule has 0 saturated heterocycles. The van der Waals surface area contributed by atoms with Crippen molar-refractivity contribution in [1.29, 1.82) is 0 Å². The molecule has 10 nitrogen and oxygen atoms in total. The molecule has 0 atom stereocenters. The largest absolute Gasteiger partial charge is 0.492 e. The lowest BCUT2D eigenvalue weighted by Crippen LogP contribution is -2.10. The Morgan fingerprint density at radius 1 is 0.603 bits per heavy atom. The van der Waals surface area contributed by atoms with Crippen molar-refractivity contribution >= 4 is 21.8 Å². The maximum Gasteiger partial charge on any atom is 0.130 e. The Bertz CT molecular complexity index is 2950. The second-order valence-corrected chi connectivity index (χ2v) is 17.4. The topological polar surface area (TPSA) is 101 Å². The third-order valence-corrected chi connectivity index (χ3v) is 13.5. The van der Waals surface area contributed by atoms with Gasteiger partial charge in [-0.1, -0.05) is 25.0 Å². The van der Waals surface area contributed by atoms with E-state index in [1.807, 2.05) is 67.2 Å². The van der Waals surface area contributed by atoms with E-state index in [-0.39, 0.29) is 11.6 Å². The minimum atomic E-state index is -0.299. The number of benzene rings is 4. The molecule has 0 unspecified atom stereocenters. The lowest BCUT2D eigenvalue weighted by Gasteiger charge is -2.24. The molecular weight excluding hydrogens is 795 g/mol. The van der Waals surface area contributed by atoms with Crippen molar-refractivity contribution in [3.05, 3.63) is 130 Å². The summed E-state index contributed by atoms with van der Waals surface area (Å²) in [5.41, 5.74) is 15.0. The molecule has 4 aromatic heterocycles. The Kier molecular flexibility index (Phi) is 11.6. The Balaban J connectivity index is 0.000000160. The van der Waals surface area contributed by atoms with Crippen LogP contribution in [-0.4, -0.2) is 52.8 Å². The van der Waals surface area contributed by atoms with Gasteiger partial charge in [0.25, 0.3) is 0 Å². The normalized spacial score (nSPS) is 14.2. The second kappa shape index (κ2) is 17.5. The van der Waals surface area contributed by atoms with Crippen molar-refractivity contribution < 1.29 is 18.3 Å². The fourth-order valence-corrected chi connectivity index (χ4v) is 9.24. The van der Waals surface area contributed by atoms with Crippen LogP contribution in [0, 0.1) is 39.3 Å². The molecular formula is C51H56F2N8O2. The smallest absolute Gasteiger partial charge is 0.130 e. The van der Waals surface area contributed by atoms with Crippen molar-refractivity contribution in [1.82, 2.24) is 39.5 Å². The van der Waals surface area contributed by atoms with Crippen molar-refractivity contribution in [2.24, 2.45) is 21.1 Å². The Labute approximate surface area is 367 Å². The van der Waals surface area contributed by atoms with Crippen LogP contribution in [-0.2, 0) is 34.0 Å². The molecule has 10 rings (SSSR count). The lowest BCUT2D eigenvalue weighted by atomic mass is 9.81. The number of aryl methyl sites for hydroxylation is 5. The number of fused-ring (bicyclic) bond motifs is 2. The summed E-state index contributed by atoms with van der Waals surface area (Å²) in [4.78, 5) is 0. The monoisotopic (exact) mass is 850 g/mol. The summed E-state index contributed by atoms with van der Waals surface area (Å²) in [5.74, 6) is 1.64. The molecule has 4 heterocycles. The molecule has 0 bridgehead atoms. The van der Waals surface area contributed by atoms with Crippen molar-refractivity contribution in [2.75, 3.05) is 13.2 Å². The summed E-state index contributed by atoms with van der Waals surface area (Å²) in [6.45, 7) is 9.07. The average Bonchev–Trinajstić information content (AvgIpc) is 3.92. The minimum Gasteiger partial charge on any atom is -0.492 e. The molecule has 63 heavy (non-hydrogen) atoms. The van der Waals surface area contributed by atoms with Crippen LogP contribution >= 0.6 is 0 Å². The van der Waals surface area contributed by atoms with Gasteiger partial charge in [-0.15, -0.1) is 0 Å². The third kappa shape index (κ3) is 8.35. The Hall–Kier alpha value is -6.30. The first-order valence-corrected chi connectivity index (χ1v) is 22.2. The zero-order valence-electron chi connectivity index (χ0n) is 37.4. The highest BCUT2D eigenvalue weighted by Gasteiger charge is 2.26. The number of H-pyrrole nitrogens is 1. The first-order valence-electron chi connectivity index (χ1n) is 22.2. The van der Waals surface area contributed by atoms with E-state index in [2.05, 4.69) is 58.5 Å². The first-order chi connectivity index (χ1) is 30.4. The van der Waals surface area contributed by atoms with Gasteiger partial charge in [-0.3, -0.25) is 19.1 Å². The maximum absolute atomic E-state index is 14.1. The van der Waals surface area contributed by atoms with Crippen LogP contribution in [0.2, 0.25) is 0 Å². The highest BCUT2D eigenvalue weighted by Crippen LogP contribution is 2.42. The summed E-state index contributed by atoms with van der Waals surface area (Å²) in [6.07, 6.45) is 8.83. The molecule has 12 heteroatoms. The zero-order chi connectivity index (χ0) is 43.9. The number of nitrogens with zero attached hydrogens (tertiary/aromatic N) is 7. The highest BCUT2D eigenvalue weighted by atomic mass is 19.1. The van der Waals surface area contributed by atoms with Gasteiger partial charge in [0.15, 0.2) is 0 Å². The summed E-state index contributed by atoms with van der Waals surface area (Å²) in [6, 6.07) is 22.1. The van der Waals surface area contributed by atoms with Gasteiger partial charge in [-0.25, -0.2) is 8.78 Å². The third-order valence-electron chi connectivity index (χ3n) is 13.5. The van der Waals surface area contributed by atoms with Gasteiger partial charge < -0.3 is 9.47 Å². The fourth-order valence-electron chi connectivity index (χ4n) is 9.24. The number of hydrogen-bond donors (Lipinski definition) is 1. The number of halogens is 2. The van der Waals surface area contributed by atoms with Crippen LogP contribution in [0.15, 0.2) is 72.8 Å². The summed E-state index contributed by atoms with van der Waals surface area (Å²) < 4.78 is 46.1. The number of hydrogen-bond acceptors (Lipinski definition) is 6. The van der Waals surface area contributed by atoms with E-state index < -0.39 is 0 Å². The lowest BCUT2D eigenvalue weighted by molar-refractivity contribution is 0.321. The highest BCUT2D eigenvalue weighted by molar-refractivity contribution is 5.89. The van der Waals surface area contributed by atoms with Gasteiger partial charge in [0.1, 0.15) is 23.1 Å². The van der Waals surface area contributed by atoms with E-state index in [9.17, 15) is 8.78 Å². The maximum atomic E-state index is 14.1. The van der Waals surface area contributed by atoms with Crippen LogP contribution in [0.5, 0.6) is 11.5 Å². The van der Waals surface area contributed by atoms with Gasteiger partial charge in [-0.05, 0) is 124 Å². The van der Waals surface area contributed by atoms with E-state index in [0.29, 0.717) is 36.5 Å². The number of ether oxygens (including phenoxy) is 2. The quantitative estimate of drug-likeness (QED) is 0.131. The Morgan fingerprint density at radius 3 is 1.62 bits per heavy atom. The van der Waals surface area contributed by atoms with Gasteiger partial charge in [0, 0.05) is 96.9 Å². The molecule has 2 saturated carbocycles. The van der Waals surface area contributed by atoms with Crippen molar-refractivity contribution in [3.63, 3.8) is 0 Å². The number of rotatable bonds is 12. The minimum absolute atomic E-state index is 0.296. The summed E-state index contributed by atoms with van der Waals surface area (Å²) >= 11 is 0. The standard InChI is InChI=1S/C26H29FN4O.C25H27FN4O/c1-16-21(17(2)30(3)28-16)12-13-32-25-15-20(27)9-10-22(25)19-8-11-24-23(14-19)26(29-31(24)4)18-6-5-7-18;1-15-20(16(2)30(3)29-15)11-12-31-24-14-19(26)8-9-21(24)18-7-10-23-22(13-18)25(28-27-23)17-5-4-6-17/h8-11,14-15,18H,5-7,12-13H2,1-4H3;7-10,13-14,17H,4-6,11-12H2,1-3H3,(H,27,28). The van der Waals surface area contributed by atoms with Crippen LogP contribution in [0.25, 0.3) is 44.1 Å². The molecule has 0 aliphatic heterocycles. The first kappa shape index (κ1) is 42.0. The van der Waals surface area contributed by atoms with E-state index >= 15 is 0 Å². The number of nitrogens with one attached hydrogen (secondary N) is 1. The van der Waals surface area contributed by atoms with Gasteiger partial charge >= 0.3 is 0 Å². The van der Waals surface area contributed by atoms with Crippen molar-refractivity contribution in [2.45, 2.75) is 90.9 Å². The predicted octanol–water partition coefficient (Wildman–Crippen LogP) is 11.2. The van der Waals surface area contributed by atoms with E-state index in [1.54, 1.807) is 6.07 Å². The molecule has 1 N–H and O–H groups in total. The van der Waals surface area contributed by atoms with Gasteiger partial charge in [0.05, 0.1) is 41.3 Å². The number of aromatic nitrogens is 8. The van der Waals surface area contributed by atoms with Crippen LogP contribution in [0.4, 0.5) is 8.78 Å². The van der Waals surface area contributed by atoms with E-state index in [4.69, 9.17) is 14.6 Å². The summed E-state index contributed by atoms with van der Waals surface area (Å²) in [5, 5.41) is 23.8. The molecule has 0 radical (unpaired) electrons. The van der Waals surface area contributed by atoms with Crippen LogP contribution in [0.1, 0.15) is 95.7 Å². The van der Waals surface area contributed by atoms with E-state index in [0.717, 1.165) is 74.3 Å². The molecule has 2 aliphatic rings. The average molecular weight is 851 g/mol.